The summed E-state index contributed by atoms with van der Waals surface area (Å²) in [5, 5.41) is 8.38. The molecular weight excluding hydrogens is 862 g/mol. The van der Waals surface area contributed by atoms with Gasteiger partial charge in [0.05, 0.1) is 0 Å². The Kier molecular flexibility index (Phi) is 8.02. The molecule has 0 saturated carbocycles. The summed E-state index contributed by atoms with van der Waals surface area (Å²) in [5.41, 5.74) is 37.8. The van der Waals surface area contributed by atoms with E-state index in [1.165, 1.54) is 187 Å². The molecule has 4 aliphatic rings. The smallest absolute Gasteiger partial charge is 0.0664 e. The van der Waals surface area contributed by atoms with E-state index in [1.807, 2.05) is 0 Å². The number of aryl methyl sites for hydroxylation is 6. The first-order valence-electron chi connectivity index (χ1n) is 25.9. The quantitative estimate of drug-likeness (QED) is 0.122. The van der Waals surface area contributed by atoms with Crippen molar-refractivity contribution in [2.24, 2.45) is 0 Å². The van der Waals surface area contributed by atoms with Crippen molar-refractivity contribution in [2.45, 2.75) is 41.5 Å². The first kappa shape index (κ1) is 40.5. The Bertz CT molecular complexity index is 4110. The van der Waals surface area contributed by atoms with Crippen molar-refractivity contribution in [2.75, 3.05) is 0 Å². The average Bonchev–Trinajstić information content (AvgIpc) is 3.91. The fourth-order valence-electron chi connectivity index (χ4n) is 15.1. The predicted octanol–water partition coefficient (Wildman–Crippen LogP) is 14.1. The van der Waals surface area contributed by atoms with E-state index in [0.717, 1.165) is 0 Å². The lowest BCUT2D eigenvalue weighted by molar-refractivity contribution is 1.32. The van der Waals surface area contributed by atoms with Crippen LogP contribution in [0.25, 0.3) is 121 Å². The Hall–Kier alpha value is -8.19. The molecule has 0 N–H and O–H groups in total. The van der Waals surface area contributed by atoms with Gasteiger partial charge >= 0.3 is 0 Å². The van der Waals surface area contributed by atoms with Crippen LogP contribution >= 0.6 is 0 Å². The molecule has 0 unspecified atom stereocenters. The van der Waals surface area contributed by atoms with Crippen LogP contribution in [0.15, 0.2) is 182 Å². The van der Waals surface area contributed by atoms with Crippen molar-refractivity contribution in [3.05, 3.63) is 215 Å². The maximum Gasteiger partial charge on any atom is 0.244 e. The highest BCUT2D eigenvalue weighted by Gasteiger charge is 2.45. The second kappa shape index (κ2) is 14.2. The Balaban J connectivity index is 1.16. The monoisotopic (exact) mass is 910 g/mol. The largest absolute Gasteiger partial charge is 0.244 e. The lowest BCUT2D eigenvalue weighted by atomic mass is 9.34. The SMILES string of the molecule is Cc1cc(C)c(-c2cc3c4c(cc5c(-c6c(C)cc(C)cc6C)cc6c7c(cc2c4c57)B2c4ccccc4-c4cc(-c5ccccc5)cc-6c42)B2c4ccccc4-c4cc(-c5ccccc5)cc-3c42)c(C)c1. The van der Waals surface area contributed by atoms with Gasteiger partial charge in [-0.25, -0.2) is 0 Å². The lowest BCUT2D eigenvalue weighted by Gasteiger charge is -2.33. The molecule has 4 heterocycles. The first-order valence-corrected chi connectivity index (χ1v) is 25.9. The van der Waals surface area contributed by atoms with Gasteiger partial charge in [0.2, 0.25) is 13.4 Å². The third-order valence-corrected chi connectivity index (χ3v) is 17.5. The van der Waals surface area contributed by atoms with E-state index in [9.17, 15) is 0 Å². The fraction of sp³-hybridized carbons (Fsp3) is 0.0857. The molecule has 2 heteroatoms. The molecule has 0 amide bonds. The number of fused-ring (bicyclic) bond motifs is 10. The standard InChI is InChI=1S/C70H48B2/c1-37-25-39(3)63(40(4)26-37)49-33-51-57-31-45(43-17-9-7-10-18-43)29-55-47-21-14-16-24-60(47)72(69(55)57)62-36-54-50(64-41(5)27-38(2)28-42(64)6)34-52-58-32-46(44-19-11-8-12-20-44)30-56-48-22-13-15-23-59(48)71(70(56)58)61-35-53(49)67(65(51)62)68(54)66(52)61/h7-36H,1-6H3. The van der Waals surface area contributed by atoms with E-state index in [0.29, 0.717) is 0 Å². The van der Waals surface area contributed by atoms with Gasteiger partial charge in [0, 0.05) is 0 Å². The van der Waals surface area contributed by atoms with Crippen LogP contribution in [-0.4, -0.2) is 13.4 Å². The molecule has 0 saturated heterocycles. The third kappa shape index (κ3) is 5.19. The van der Waals surface area contributed by atoms with Crippen molar-refractivity contribution in [3.63, 3.8) is 0 Å². The van der Waals surface area contributed by atoms with Gasteiger partial charge in [0.1, 0.15) is 0 Å². The van der Waals surface area contributed by atoms with Crippen LogP contribution < -0.4 is 32.8 Å². The van der Waals surface area contributed by atoms with Gasteiger partial charge in [-0.2, -0.15) is 0 Å². The summed E-state index contributed by atoms with van der Waals surface area (Å²) >= 11 is 0. The van der Waals surface area contributed by atoms with Crippen LogP contribution in [0, 0.1) is 41.5 Å². The lowest BCUT2D eigenvalue weighted by Crippen LogP contribution is -2.53. The van der Waals surface area contributed by atoms with Gasteiger partial charge in [-0.15, -0.1) is 0 Å². The van der Waals surface area contributed by atoms with E-state index < -0.39 is 0 Å². The maximum absolute atomic E-state index is 2.69. The van der Waals surface area contributed by atoms with Crippen molar-refractivity contribution in [3.8, 4) is 89.0 Å². The van der Waals surface area contributed by atoms with E-state index >= 15 is 0 Å². The second-order valence-electron chi connectivity index (χ2n) is 21.8. The number of rotatable bonds is 4. The summed E-state index contributed by atoms with van der Waals surface area (Å²) in [6.07, 6.45) is 0. The second-order valence-corrected chi connectivity index (χ2v) is 21.8. The highest BCUT2D eigenvalue weighted by molar-refractivity contribution is 7.03. The molecule has 0 nitrogen and oxygen atoms in total. The molecule has 0 radical (unpaired) electrons. The van der Waals surface area contributed by atoms with Crippen LogP contribution in [0.5, 0.6) is 0 Å². The van der Waals surface area contributed by atoms with Crippen molar-refractivity contribution < 1.29 is 0 Å². The van der Waals surface area contributed by atoms with Crippen LogP contribution in [0.4, 0.5) is 0 Å². The van der Waals surface area contributed by atoms with Crippen LogP contribution in [0.2, 0.25) is 0 Å². The average molecular weight is 911 g/mol. The van der Waals surface area contributed by atoms with Crippen LogP contribution in [-0.2, 0) is 0 Å². The normalized spacial score (nSPS) is 13.1. The Labute approximate surface area is 422 Å². The third-order valence-electron chi connectivity index (χ3n) is 17.5. The highest BCUT2D eigenvalue weighted by atomic mass is 14.4. The summed E-state index contributed by atoms with van der Waals surface area (Å²) in [5.74, 6) is 0. The minimum absolute atomic E-state index is 0.0994. The minimum Gasteiger partial charge on any atom is -0.0664 e. The number of hydrogen-bond donors (Lipinski definition) is 0. The fourth-order valence-corrected chi connectivity index (χ4v) is 15.1. The van der Waals surface area contributed by atoms with Crippen LogP contribution in [0.1, 0.15) is 33.4 Å². The van der Waals surface area contributed by atoms with Crippen molar-refractivity contribution in [1.29, 1.82) is 0 Å². The summed E-state index contributed by atoms with van der Waals surface area (Å²) in [7, 11) is 0. The molecule has 0 bridgehead atoms. The molecule has 12 aromatic rings. The van der Waals surface area contributed by atoms with Crippen molar-refractivity contribution >= 4 is 78.5 Å². The topological polar surface area (TPSA) is 0 Å². The summed E-state index contributed by atoms with van der Waals surface area (Å²) in [6, 6.07) is 71.1. The molecular formula is C70H48B2. The summed E-state index contributed by atoms with van der Waals surface area (Å²) in [6.45, 7) is 14.1. The Morgan fingerprint density at radius 2 is 0.597 bits per heavy atom. The molecule has 0 fully saturated rings. The number of hydrogen-bond acceptors (Lipinski definition) is 0. The van der Waals surface area contributed by atoms with E-state index in [2.05, 4.69) is 224 Å². The molecule has 4 aliphatic heterocycles. The van der Waals surface area contributed by atoms with Gasteiger partial charge in [0.15, 0.2) is 0 Å². The molecule has 0 aliphatic carbocycles. The summed E-state index contributed by atoms with van der Waals surface area (Å²) in [4.78, 5) is 0. The van der Waals surface area contributed by atoms with E-state index in [1.54, 1.807) is 0 Å². The van der Waals surface area contributed by atoms with E-state index in [-0.39, 0.29) is 13.4 Å². The van der Waals surface area contributed by atoms with Gasteiger partial charge in [-0.05, 0) is 222 Å². The maximum atomic E-state index is 2.69. The zero-order chi connectivity index (χ0) is 48.0. The molecule has 0 spiro atoms. The van der Waals surface area contributed by atoms with Gasteiger partial charge in [-0.3, -0.25) is 0 Å². The van der Waals surface area contributed by atoms with Gasteiger partial charge in [0.25, 0.3) is 0 Å². The first-order chi connectivity index (χ1) is 35.2. The Morgan fingerprint density at radius 3 is 0.986 bits per heavy atom. The van der Waals surface area contributed by atoms with E-state index in [4.69, 9.17) is 0 Å². The highest BCUT2D eigenvalue weighted by Crippen LogP contribution is 2.53. The molecule has 12 aromatic carbocycles. The molecule has 16 rings (SSSR count). The molecule has 0 aromatic heterocycles. The predicted molar refractivity (Wildman–Crippen MR) is 311 cm³/mol. The minimum atomic E-state index is 0.0994. The molecule has 0 atom stereocenters. The Morgan fingerprint density at radius 1 is 0.250 bits per heavy atom. The number of benzene rings is 12. The zero-order valence-corrected chi connectivity index (χ0v) is 41.5. The molecule has 72 heavy (non-hydrogen) atoms. The van der Waals surface area contributed by atoms with Crippen LogP contribution in [0.3, 0.4) is 0 Å². The summed E-state index contributed by atoms with van der Waals surface area (Å²) < 4.78 is 0. The molecule has 334 valence electrons. The zero-order valence-electron chi connectivity index (χ0n) is 41.5. The van der Waals surface area contributed by atoms with Gasteiger partial charge < -0.3 is 0 Å². The van der Waals surface area contributed by atoms with Crippen molar-refractivity contribution in [1.82, 2.24) is 0 Å². The van der Waals surface area contributed by atoms with Gasteiger partial charge in [-0.1, -0.05) is 189 Å².